The molecule has 2 aliphatic rings. The lowest BCUT2D eigenvalue weighted by molar-refractivity contribution is 0.0875. The molecule has 1 aliphatic heterocycles. The average molecular weight is 344 g/mol. The smallest absolute Gasteiger partial charge is 0.0417 e. The van der Waals surface area contributed by atoms with Gasteiger partial charge in [-0.1, -0.05) is 33.6 Å². The van der Waals surface area contributed by atoms with Crippen molar-refractivity contribution in [3.05, 3.63) is 33.3 Å². The van der Waals surface area contributed by atoms with Crippen LogP contribution in [-0.4, -0.2) is 24.0 Å². The van der Waals surface area contributed by atoms with E-state index in [9.17, 15) is 0 Å². The molecule has 104 valence electrons. The van der Waals surface area contributed by atoms with Gasteiger partial charge in [-0.2, -0.15) is 0 Å². The number of hydrogen-bond acceptors (Lipinski definition) is 2. The Morgan fingerprint density at radius 2 is 2.11 bits per heavy atom. The summed E-state index contributed by atoms with van der Waals surface area (Å²) < 4.78 is 1.12. The molecule has 1 aromatic carbocycles. The van der Waals surface area contributed by atoms with Gasteiger partial charge >= 0.3 is 0 Å². The maximum atomic E-state index is 6.07. The molecule has 3 rings (SSSR count). The van der Waals surface area contributed by atoms with E-state index in [-0.39, 0.29) is 0 Å². The molecule has 0 radical (unpaired) electrons. The van der Waals surface area contributed by atoms with Crippen molar-refractivity contribution in [2.24, 2.45) is 11.7 Å². The molecule has 1 saturated carbocycles. The van der Waals surface area contributed by atoms with E-state index in [1.165, 1.54) is 37.8 Å². The third-order valence-electron chi connectivity index (χ3n) is 4.39. The SMILES string of the molecule is NCC1CCCN(C2CC2)C1c1ccc(Cl)cc1Br. The molecule has 0 bridgehead atoms. The molecule has 0 amide bonds. The van der Waals surface area contributed by atoms with Crippen LogP contribution in [0.3, 0.4) is 0 Å². The zero-order valence-electron chi connectivity index (χ0n) is 11.0. The number of nitrogens with two attached hydrogens (primary N) is 1. The number of hydrogen-bond donors (Lipinski definition) is 1. The number of nitrogens with zero attached hydrogens (tertiary/aromatic N) is 1. The normalized spacial score (nSPS) is 28.6. The number of rotatable bonds is 3. The van der Waals surface area contributed by atoms with Crippen molar-refractivity contribution < 1.29 is 0 Å². The van der Waals surface area contributed by atoms with Crippen molar-refractivity contribution in [1.29, 1.82) is 0 Å². The first kappa shape index (κ1) is 13.9. The van der Waals surface area contributed by atoms with Gasteiger partial charge in [-0.3, -0.25) is 4.90 Å². The second-order valence-corrected chi connectivity index (χ2v) is 7.01. The summed E-state index contributed by atoms with van der Waals surface area (Å²) >= 11 is 9.75. The minimum atomic E-state index is 0.456. The third-order valence-corrected chi connectivity index (χ3v) is 5.32. The average Bonchev–Trinajstić information content (AvgIpc) is 3.22. The van der Waals surface area contributed by atoms with Gasteiger partial charge in [0.15, 0.2) is 0 Å². The van der Waals surface area contributed by atoms with E-state index in [4.69, 9.17) is 17.3 Å². The lowest BCUT2D eigenvalue weighted by Crippen LogP contribution is -2.42. The quantitative estimate of drug-likeness (QED) is 0.899. The predicted molar refractivity (Wildman–Crippen MR) is 83.4 cm³/mol. The Labute approximate surface area is 128 Å². The molecule has 0 aromatic heterocycles. The first-order valence-corrected chi connectivity index (χ1v) is 8.28. The molecular weight excluding hydrogens is 324 g/mol. The fourth-order valence-corrected chi connectivity index (χ4v) is 4.26. The van der Waals surface area contributed by atoms with Gasteiger partial charge in [-0.15, -0.1) is 0 Å². The summed E-state index contributed by atoms with van der Waals surface area (Å²) in [5, 5.41) is 0.786. The van der Waals surface area contributed by atoms with E-state index in [2.05, 4.69) is 26.9 Å². The highest BCUT2D eigenvalue weighted by molar-refractivity contribution is 9.10. The third kappa shape index (κ3) is 2.85. The Balaban J connectivity index is 1.95. The summed E-state index contributed by atoms with van der Waals surface area (Å²) in [6.07, 6.45) is 5.21. The molecule has 0 spiro atoms. The zero-order valence-corrected chi connectivity index (χ0v) is 13.3. The Kier molecular flexibility index (Phi) is 4.18. The topological polar surface area (TPSA) is 29.3 Å². The van der Waals surface area contributed by atoms with Gasteiger partial charge in [0.1, 0.15) is 0 Å². The summed E-state index contributed by atoms with van der Waals surface area (Å²) in [6, 6.07) is 7.40. The van der Waals surface area contributed by atoms with Gasteiger partial charge in [0.05, 0.1) is 0 Å². The Hall–Kier alpha value is -0.0900. The highest BCUT2D eigenvalue weighted by Crippen LogP contribution is 2.44. The lowest BCUT2D eigenvalue weighted by Gasteiger charge is -2.42. The zero-order chi connectivity index (χ0) is 13.4. The van der Waals surface area contributed by atoms with Crippen LogP contribution in [0.2, 0.25) is 5.02 Å². The van der Waals surface area contributed by atoms with Crippen molar-refractivity contribution in [1.82, 2.24) is 4.90 Å². The van der Waals surface area contributed by atoms with Crippen LogP contribution >= 0.6 is 27.5 Å². The molecule has 1 saturated heterocycles. The van der Waals surface area contributed by atoms with Crippen LogP contribution in [0.25, 0.3) is 0 Å². The number of benzene rings is 1. The summed E-state index contributed by atoms with van der Waals surface area (Å²) in [5.41, 5.74) is 7.38. The van der Waals surface area contributed by atoms with E-state index in [1.807, 2.05) is 12.1 Å². The Morgan fingerprint density at radius 1 is 1.32 bits per heavy atom. The van der Waals surface area contributed by atoms with Crippen molar-refractivity contribution >= 4 is 27.5 Å². The van der Waals surface area contributed by atoms with Gasteiger partial charge in [0.25, 0.3) is 0 Å². The molecule has 2 fully saturated rings. The summed E-state index contributed by atoms with van der Waals surface area (Å²) in [7, 11) is 0. The van der Waals surface area contributed by atoms with Crippen LogP contribution < -0.4 is 5.73 Å². The number of piperidine rings is 1. The lowest BCUT2D eigenvalue weighted by atomic mass is 9.84. The minimum Gasteiger partial charge on any atom is -0.330 e. The molecule has 19 heavy (non-hydrogen) atoms. The second kappa shape index (κ2) is 5.72. The van der Waals surface area contributed by atoms with Crippen molar-refractivity contribution in [2.45, 2.75) is 37.8 Å². The van der Waals surface area contributed by atoms with Crippen LogP contribution in [0, 0.1) is 5.92 Å². The van der Waals surface area contributed by atoms with E-state index < -0.39 is 0 Å². The number of likely N-dealkylation sites (tertiary alicyclic amines) is 1. The molecular formula is C15H20BrClN2. The molecule has 2 atom stereocenters. The van der Waals surface area contributed by atoms with Gasteiger partial charge in [0, 0.05) is 21.6 Å². The van der Waals surface area contributed by atoms with Crippen LogP contribution in [0.5, 0.6) is 0 Å². The van der Waals surface area contributed by atoms with E-state index in [0.29, 0.717) is 12.0 Å². The van der Waals surface area contributed by atoms with Crippen molar-refractivity contribution in [3.8, 4) is 0 Å². The second-order valence-electron chi connectivity index (χ2n) is 5.72. The van der Waals surface area contributed by atoms with Crippen LogP contribution in [0.1, 0.15) is 37.3 Å². The maximum absolute atomic E-state index is 6.07. The molecule has 1 aromatic rings. The highest BCUT2D eigenvalue weighted by atomic mass is 79.9. The Bertz CT molecular complexity index is 461. The Morgan fingerprint density at radius 3 is 2.74 bits per heavy atom. The van der Waals surface area contributed by atoms with Gasteiger partial charge in [0.2, 0.25) is 0 Å². The van der Waals surface area contributed by atoms with E-state index in [1.54, 1.807) is 0 Å². The van der Waals surface area contributed by atoms with Gasteiger partial charge in [-0.05, 0) is 62.4 Å². The van der Waals surface area contributed by atoms with E-state index in [0.717, 1.165) is 22.1 Å². The summed E-state index contributed by atoms with van der Waals surface area (Å²) in [6.45, 7) is 1.98. The molecule has 4 heteroatoms. The first-order chi connectivity index (χ1) is 9.20. The van der Waals surface area contributed by atoms with Crippen LogP contribution in [-0.2, 0) is 0 Å². The van der Waals surface area contributed by atoms with Crippen LogP contribution in [0.15, 0.2) is 22.7 Å². The predicted octanol–water partition coefficient (Wildman–Crippen LogP) is 3.98. The molecule has 1 aliphatic carbocycles. The van der Waals surface area contributed by atoms with E-state index >= 15 is 0 Å². The summed E-state index contributed by atoms with van der Waals surface area (Å²) in [4.78, 5) is 2.68. The standard InChI is InChI=1S/C15H20BrClN2/c16-14-8-11(17)3-6-13(14)15-10(9-18)2-1-7-19(15)12-4-5-12/h3,6,8,10,12,15H,1-2,4-5,7,9,18H2. The molecule has 1 heterocycles. The fourth-order valence-electron chi connectivity index (χ4n) is 3.34. The van der Waals surface area contributed by atoms with Crippen molar-refractivity contribution in [3.63, 3.8) is 0 Å². The van der Waals surface area contributed by atoms with Gasteiger partial charge in [-0.25, -0.2) is 0 Å². The molecule has 2 nitrogen and oxygen atoms in total. The fraction of sp³-hybridized carbons (Fsp3) is 0.600. The molecule has 2 unspecified atom stereocenters. The largest absolute Gasteiger partial charge is 0.330 e. The number of halogens is 2. The maximum Gasteiger partial charge on any atom is 0.0417 e. The van der Waals surface area contributed by atoms with Gasteiger partial charge < -0.3 is 5.73 Å². The first-order valence-electron chi connectivity index (χ1n) is 7.11. The van der Waals surface area contributed by atoms with Crippen LogP contribution in [0.4, 0.5) is 0 Å². The van der Waals surface area contributed by atoms with Crippen molar-refractivity contribution in [2.75, 3.05) is 13.1 Å². The minimum absolute atomic E-state index is 0.456. The summed E-state index contributed by atoms with van der Waals surface area (Å²) in [5.74, 6) is 0.562. The highest BCUT2D eigenvalue weighted by Gasteiger charge is 2.40. The monoisotopic (exact) mass is 342 g/mol. The molecule has 2 N–H and O–H groups in total.